The van der Waals surface area contributed by atoms with Gasteiger partial charge in [0.05, 0.1) is 23.6 Å². The maximum absolute atomic E-state index is 5.41. The van der Waals surface area contributed by atoms with Crippen molar-refractivity contribution in [1.82, 2.24) is 20.3 Å². The molecule has 26 heavy (non-hydrogen) atoms. The van der Waals surface area contributed by atoms with Crippen molar-refractivity contribution in [2.24, 2.45) is 10.1 Å². The molecule has 7 heteroatoms. The molecular weight excluding hydrogens is 344 g/mol. The molecule has 0 radical (unpaired) electrons. The number of pyridine rings is 2. The number of aromatic nitrogens is 2. The SMILES string of the molecule is C=CN=C(C=C)/C(=N\NC(=S)N(C)Cc1ccccn1)c1ccccn1. The highest BCUT2D eigenvalue weighted by Crippen LogP contribution is 2.03. The van der Waals surface area contributed by atoms with Crippen LogP contribution in [0.5, 0.6) is 0 Å². The summed E-state index contributed by atoms with van der Waals surface area (Å²) < 4.78 is 0. The molecule has 6 nitrogen and oxygen atoms in total. The summed E-state index contributed by atoms with van der Waals surface area (Å²) in [4.78, 5) is 14.6. The number of nitrogens with one attached hydrogen (secondary N) is 1. The molecule has 0 atom stereocenters. The van der Waals surface area contributed by atoms with Crippen molar-refractivity contribution in [2.75, 3.05) is 7.05 Å². The van der Waals surface area contributed by atoms with Gasteiger partial charge in [-0.05, 0) is 42.6 Å². The molecule has 2 aromatic rings. The van der Waals surface area contributed by atoms with Crippen LogP contribution in [0.1, 0.15) is 11.4 Å². The maximum atomic E-state index is 5.41. The lowest BCUT2D eigenvalue weighted by atomic mass is 10.1. The van der Waals surface area contributed by atoms with Crippen molar-refractivity contribution in [3.63, 3.8) is 0 Å². The predicted molar refractivity (Wildman–Crippen MR) is 110 cm³/mol. The van der Waals surface area contributed by atoms with Gasteiger partial charge < -0.3 is 4.90 Å². The van der Waals surface area contributed by atoms with Crippen LogP contribution in [0.15, 0.2) is 84.3 Å². The van der Waals surface area contributed by atoms with Gasteiger partial charge in [0.25, 0.3) is 0 Å². The molecule has 132 valence electrons. The van der Waals surface area contributed by atoms with Gasteiger partial charge in [-0.15, -0.1) is 0 Å². The molecule has 0 aliphatic rings. The van der Waals surface area contributed by atoms with Gasteiger partial charge in [0.2, 0.25) is 0 Å². The summed E-state index contributed by atoms with van der Waals surface area (Å²) in [6.45, 7) is 7.97. The molecule has 0 unspecified atom stereocenters. The van der Waals surface area contributed by atoms with Gasteiger partial charge in [-0.2, -0.15) is 5.10 Å². The third-order valence-corrected chi connectivity index (χ3v) is 3.71. The minimum Gasteiger partial charge on any atom is -0.345 e. The number of rotatable bonds is 7. The summed E-state index contributed by atoms with van der Waals surface area (Å²) >= 11 is 5.41. The number of hydrazone groups is 1. The Kier molecular flexibility index (Phi) is 7.32. The molecule has 2 rings (SSSR count). The third-order valence-electron chi connectivity index (χ3n) is 3.31. The first-order chi connectivity index (χ1) is 12.7. The van der Waals surface area contributed by atoms with Crippen molar-refractivity contribution < 1.29 is 0 Å². The number of hydrogen-bond acceptors (Lipinski definition) is 5. The van der Waals surface area contributed by atoms with Crippen LogP contribution in [0.3, 0.4) is 0 Å². The molecule has 0 saturated carbocycles. The molecule has 1 N–H and O–H groups in total. The van der Waals surface area contributed by atoms with Gasteiger partial charge in [-0.3, -0.25) is 20.4 Å². The van der Waals surface area contributed by atoms with Gasteiger partial charge in [-0.25, -0.2) is 0 Å². The Morgan fingerprint density at radius 1 is 1.19 bits per heavy atom. The van der Waals surface area contributed by atoms with E-state index in [9.17, 15) is 0 Å². The highest BCUT2D eigenvalue weighted by Gasteiger charge is 2.12. The van der Waals surface area contributed by atoms with Gasteiger partial charge >= 0.3 is 0 Å². The number of hydrogen-bond donors (Lipinski definition) is 1. The van der Waals surface area contributed by atoms with Crippen molar-refractivity contribution in [1.29, 1.82) is 0 Å². The lowest BCUT2D eigenvalue weighted by Crippen LogP contribution is -2.35. The van der Waals surface area contributed by atoms with E-state index < -0.39 is 0 Å². The summed E-state index contributed by atoms with van der Waals surface area (Å²) in [5.41, 5.74) is 5.51. The lowest BCUT2D eigenvalue weighted by molar-refractivity contribution is 0.484. The van der Waals surface area contributed by atoms with Crippen LogP contribution < -0.4 is 5.43 Å². The minimum absolute atomic E-state index is 0.450. The zero-order valence-corrected chi connectivity index (χ0v) is 15.4. The molecule has 0 fully saturated rings. The quantitative estimate of drug-likeness (QED) is 0.465. The van der Waals surface area contributed by atoms with Gasteiger partial charge in [-0.1, -0.05) is 25.3 Å². The third kappa shape index (κ3) is 5.42. The Morgan fingerprint density at radius 2 is 1.92 bits per heavy atom. The summed E-state index contributed by atoms with van der Waals surface area (Å²) in [5.74, 6) is 0. The van der Waals surface area contributed by atoms with Gasteiger partial charge in [0, 0.05) is 25.6 Å². The Bertz CT molecular complexity index is 814. The topological polar surface area (TPSA) is 65.8 Å². The number of allylic oxidation sites excluding steroid dienone is 1. The van der Waals surface area contributed by atoms with E-state index in [2.05, 4.69) is 38.6 Å². The smallest absolute Gasteiger partial charge is 0.189 e. The molecular formula is C19H20N6S. The standard InChI is InChI=1S/C19H20N6S/c1-4-16(20-5-2)18(17-11-7-9-13-22-17)23-24-19(26)25(3)14-15-10-6-8-12-21-15/h4-13H,1-2,14H2,3H3,(H,24,26)/b20-16?,23-18+. The number of aliphatic imine (C=N–C) groups is 1. The fourth-order valence-corrected chi connectivity index (χ4v) is 2.16. The Hall–Kier alpha value is -3.19. The van der Waals surface area contributed by atoms with Crippen molar-refractivity contribution in [2.45, 2.75) is 6.54 Å². The number of nitrogens with zero attached hydrogens (tertiary/aromatic N) is 5. The first-order valence-corrected chi connectivity index (χ1v) is 8.28. The van der Waals surface area contributed by atoms with Crippen molar-refractivity contribution in [3.8, 4) is 0 Å². The van der Waals surface area contributed by atoms with Gasteiger partial charge in [0.1, 0.15) is 5.71 Å². The van der Waals surface area contributed by atoms with E-state index >= 15 is 0 Å². The molecule has 0 aromatic carbocycles. The summed E-state index contributed by atoms with van der Waals surface area (Å²) in [6, 6.07) is 11.3. The minimum atomic E-state index is 0.450. The lowest BCUT2D eigenvalue weighted by Gasteiger charge is -2.19. The van der Waals surface area contributed by atoms with E-state index in [-0.39, 0.29) is 0 Å². The van der Waals surface area contributed by atoms with Crippen LogP contribution in [0.4, 0.5) is 0 Å². The second kappa shape index (κ2) is 9.95. The molecule has 0 spiro atoms. The highest BCUT2D eigenvalue weighted by atomic mass is 32.1. The molecule has 2 aromatic heterocycles. The summed E-state index contributed by atoms with van der Waals surface area (Å²) in [7, 11) is 1.87. The molecule has 0 saturated heterocycles. The normalized spacial score (nSPS) is 11.6. The average molecular weight is 364 g/mol. The first kappa shape index (κ1) is 19.1. The van der Waals surface area contributed by atoms with E-state index in [4.69, 9.17) is 12.2 Å². The predicted octanol–water partition coefficient (Wildman–Crippen LogP) is 2.96. The van der Waals surface area contributed by atoms with Gasteiger partial charge in [0.15, 0.2) is 5.11 Å². The molecule has 0 bridgehead atoms. The monoisotopic (exact) mass is 364 g/mol. The summed E-state index contributed by atoms with van der Waals surface area (Å²) in [6.07, 6.45) is 6.46. The largest absolute Gasteiger partial charge is 0.345 e. The average Bonchev–Trinajstić information content (AvgIpc) is 2.68. The van der Waals surface area contributed by atoms with Crippen LogP contribution in [0.25, 0.3) is 0 Å². The van der Waals surface area contributed by atoms with Crippen molar-refractivity contribution >= 4 is 28.8 Å². The fourth-order valence-electron chi connectivity index (χ4n) is 2.05. The fraction of sp³-hybridized carbons (Fsp3) is 0.105. The van der Waals surface area contributed by atoms with E-state index in [1.807, 2.05) is 48.3 Å². The van der Waals surface area contributed by atoms with Crippen LogP contribution in [0, 0.1) is 0 Å². The maximum Gasteiger partial charge on any atom is 0.189 e. The number of thiocarbonyl (C=S) groups is 1. The van der Waals surface area contributed by atoms with E-state index in [0.717, 1.165) is 5.69 Å². The Labute approximate surface area is 158 Å². The summed E-state index contributed by atoms with van der Waals surface area (Å²) in [5, 5.41) is 4.85. The van der Waals surface area contributed by atoms with Crippen molar-refractivity contribution in [3.05, 3.63) is 85.6 Å². The van der Waals surface area contributed by atoms with Crippen LogP contribution in [-0.4, -0.2) is 38.5 Å². The molecule has 2 heterocycles. The van der Waals surface area contributed by atoms with E-state index in [0.29, 0.717) is 28.8 Å². The molecule has 0 aliphatic carbocycles. The van der Waals surface area contributed by atoms with Crippen LogP contribution in [0.2, 0.25) is 0 Å². The second-order valence-corrected chi connectivity index (χ2v) is 5.56. The zero-order chi connectivity index (χ0) is 18.8. The second-order valence-electron chi connectivity index (χ2n) is 5.17. The van der Waals surface area contributed by atoms with Crippen LogP contribution in [-0.2, 0) is 6.54 Å². The van der Waals surface area contributed by atoms with E-state index in [1.165, 1.54) is 6.20 Å². The molecule has 0 amide bonds. The molecule has 0 aliphatic heterocycles. The zero-order valence-electron chi connectivity index (χ0n) is 14.5. The van der Waals surface area contributed by atoms with E-state index in [1.54, 1.807) is 18.5 Å². The Balaban J connectivity index is 2.18. The Morgan fingerprint density at radius 3 is 2.50 bits per heavy atom. The highest BCUT2D eigenvalue weighted by molar-refractivity contribution is 7.80. The van der Waals surface area contributed by atoms with Crippen LogP contribution >= 0.6 is 12.2 Å². The first-order valence-electron chi connectivity index (χ1n) is 7.87.